The van der Waals surface area contributed by atoms with E-state index in [1.54, 1.807) is 18.2 Å². The van der Waals surface area contributed by atoms with Crippen LogP contribution in [0, 0.1) is 25.5 Å². The lowest BCUT2D eigenvalue weighted by Gasteiger charge is -2.16. The Morgan fingerprint density at radius 3 is 2.40 bits per heavy atom. The van der Waals surface area contributed by atoms with Crippen LogP contribution in [0.1, 0.15) is 30.8 Å². The third-order valence-electron chi connectivity index (χ3n) is 4.79. The van der Waals surface area contributed by atoms with E-state index in [0.717, 1.165) is 34.5 Å². The molecule has 0 spiro atoms. The normalized spacial score (nSPS) is 9.91. The summed E-state index contributed by atoms with van der Waals surface area (Å²) in [6, 6.07) is 18.5. The number of hydrogen-bond donors (Lipinski definition) is 1. The molecule has 5 nitrogen and oxygen atoms in total. The minimum Gasteiger partial charge on any atom is -0.488 e. The zero-order valence-electron chi connectivity index (χ0n) is 19.9. The lowest BCUT2D eigenvalue weighted by atomic mass is 10.1. The number of nitrogens with zero attached hydrogens (tertiary/aromatic N) is 2. The maximum absolute atomic E-state index is 14.0. The van der Waals surface area contributed by atoms with E-state index in [0.29, 0.717) is 10.8 Å². The van der Waals surface area contributed by atoms with Crippen molar-refractivity contribution in [1.29, 1.82) is 0 Å². The lowest BCUT2D eigenvalue weighted by Crippen LogP contribution is -2.04. The number of halogens is 3. The first-order valence-corrected chi connectivity index (χ1v) is 11.3. The minimum atomic E-state index is -0.645. The van der Waals surface area contributed by atoms with Gasteiger partial charge < -0.3 is 9.84 Å². The Hall–Kier alpha value is -3.71. The topological polar surface area (TPSA) is 64.4 Å². The average Bonchev–Trinajstić information content (AvgIpc) is 3.22. The number of carboxylic acid groups (broad SMARTS) is 1. The zero-order valence-corrected chi connectivity index (χ0v) is 20.7. The number of aromatic nitrogens is 2. The van der Waals surface area contributed by atoms with Crippen molar-refractivity contribution in [3.05, 3.63) is 100 Å². The van der Waals surface area contributed by atoms with Gasteiger partial charge in [-0.25, -0.2) is 13.8 Å². The Labute approximate surface area is 208 Å². The SMILES string of the molecule is CC.Cc1cccc(-n2c(C)ccc2-c2cc(Cl)ccc2OCc2ccc(F)cc2F)n1.O=CO. The summed E-state index contributed by atoms with van der Waals surface area (Å²) in [7, 11) is 0. The second kappa shape index (κ2) is 13.2. The predicted octanol–water partition coefficient (Wildman–Crippen LogP) is 7.39. The molecule has 0 unspecified atom stereocenters. The van der Waals surface area contributed by atoms with Gasteiger partial charge in [0.15, 0.2) is 0 Å². The average molecular weight is 501 g/mol. The molecular weight excluding hydrogens is 474 g/mol. The third kappa shape index (κ3) is 7.13. The molecule has 0 aliphatic heterocycles. The lowest BCUT2D eigenvalue weighted by molar-refractivity contribution is -0.122. The smallest absolute Gasteiger partial charge is 0.290 e. The van der Waals surface area contributed by atoms with Gasteiger partial charge in [-0.3, -0.25) is 9.36 Å². The number of aryl methyl sites for hydroxylation is 2. The predicted molar refractivity (Wildman–Crippen MR) is 134 cm³/mol. The van der Waals surface area contributed by atoms with Crippen LogP contribution in [0.15, 0.2) is 66.7 Å². The Bertz CT molecular complexity index is 1280. The molecule has 0 saturated heterocycles. The number of carbonyl (C=O) groups is 1. The molecule has 2 aromatic carbocycles. The van der Waals surface area contributed by atoms with Crippen molar-refractivity contribution in [2.24, 2.45) is 0 Å². The summed E-state index contributed by atoms with van der Waals surface area (Å²) in [5.41, 5.74) is 3.77. The number of benzene rings is 2. The fraction of sp³-hybridized carbons (Fsp3) is 0.185. The van der Waals surface area contributed by atoms with Crippen molar-refractivity contribution in [2.45, 2.75) is 34.3 Å². The zero-order chi connectivity index (χ0) is 26.0. The van der Waals surface area contributed by atoms with E-state index in [4.69, 9.17) is 26.2 Å². The van der Waals surface area contributed by atoms with Crippen LogP contribution >= 0.6 is 11.6 Å². The molecule has 4 rings (SSSR count). The highest BCUT2D eigenvalue weighted by atomic mass is 35.5. The second-order valence-corrected chi connectivity index (χ2v) is 7.54. The molecule has 184 valence electrons. The number of ether oxygens (including phenoxy) is 1. The molecule has 0 aliphatic rings. The molecule has 0 amide bonds. The van der Waals surface area contributed by atoms with Gasteiger partial charge in [0.05, 0.1) is 5.69 Å². The Morgan fingerprint density at radius 2 is 1.74 bits per heavy atom. The second-order valence-electron chi connectivity index (χ2n) is 7.10. The molecule has 35 heavy (non-hydrogen) atoms. The van der Waals surface area contributed by atoms with E-state index in [-0.39, 0.29) is 18.6 Å². The first-order valence-electron chi connectivity index (χ1n) is 10.9. The first-order chi connectivity index (χ1) is 16.8. The van der Waals surface area contributed by atoms with Crippen LogP contribution in [-0.4, -0.2) is 21.1 Å². The van der Waals surface area contributed by atoms with Gasteiger partial charge in [0, 0.05) is 33.6 Å². The van der Waals surface area contributed by atoms with Gasteiger partial charge >= 0.3 is 0 Å². The van der Waals surface area contributed by atoms with E-state index >= 15 is 0 Å². The first kappa shape index (κ1) is 27.5. The highest BCUT2D eigenvalue weighted by molar-refractivity contribution is 6.31. The summed E-state index contributed by atoms with van der Waals surface area (Å²) in [5, 5.41) is 7.44. The summed E-state index contributed by atoms with van der Waals surface area (Å²) < 4.78 is 35.1. The van der Waals surface area contributed by atoms with Crippen LogP contribution in [-0.2, 0) is 11.4 Å². The summed E-state index contributed by atoms with van der Waals surface area (Å²) in [6.45, 7) is 7.64. The molecule has 0 saturated carbocycles. The highest BCUT2D eigenvalue weighted by Gasteiger charge is 2.16. The number of rotatable bonds is 5. The largest absolute Gasteiger partial charge is 0.488 e. The maximum Gasteiger partial charge on any atom is 0.290 e. The van der Waals surface area contributed by atoms with Crippen LogP contribution in [0.2, 0.25) is 5.02 Å². The van der Waals surface area contributed by atoms with Crippen molar-refractivity contribution in [2.75, 3.05) is 0 Å². The van der Waals surface area contributed by atoms with Crippen molar-refractivity contribution in [3.63, 3.8) is 0 Å². The molecule has 2 heterocycles. The van der Waals surface area contributed by atoms with Gasteiger partial charge in [-0.2, -0.15) is 0 Å². The highest BCUT2D eigenvalue weighted by Crippen LogP contribution is 2.35. The molecular formula is C27H27ClF2N2O3. The van der Waals surface area contributed by atoms with Gasteiger partial charge in [-0.05, 0) is 68.4 Å². The van der Waals surface area contributed by atoms with Gasteiger partial charge in [-0.15, -0.1) is 0 Å². The van der Waals surface area contributed by atoms with Gasteiger partial charge in [0.2, 0.25) is 0 Å². The third-order valence-corrected chi connectivity index (χ3v) is 5.03. The summed E-state index contributed by atoms with van der Waals surface area (Å²) in [4.78, 5) is 13.0. The van der Waals surface area contributed by atoms with E-state index in [1.807, 2.05) is 62.6 Å². The molecule has 8 heteroatoms. The molecule has 4 aromatic rings. The van der Waals surface area contributed by atoms with Crippen LogP contribution < -0.4 is 4.74 Å². The molecule has 0 bridgehead atoms. The molecule has 0 atom stereocenters. The van der Waals surface area contributed by atoms with Gasteiger partial charge in [0.25, 0.3) is 6.47 Å². The molecule has 0 radical (unpaired) electrons. The van der Waals surface area contributed by atoms with E-state index in [2.05, 4.69) is 4.98 Å². The summed E-state index contributed by atoms with van der Waals surface area (Å²) >= 11 is 6.27. The number of pyridine rings is 1. The standard InChI is InChI=1S/C24H19ClF2N2O.C2H6.CH2O2/c1-15-4-3-5-24(28-15)29-16(2)6-10-22(29)20-12-18(25)8-11-23(20)30-14-17-7-9-19(26)13-21(17)27;1-2;2-1-3/h3-13H,14H2,1-2H3;1-2H3;1H,(H,2,3). The van der Waals surface area contributed by atoms with Crippen LogP contribution in [0.3, 0.4) is 0 Å². The van der Waals surface area contributed by atoms with E-state index in [9.17, 15) is 8.78 Å². The summed E-state index contributed by atoms with van der Waals surface area (Å²) in [5.74, 6) is 0.0502. The molecule has 2 aromatic heterocycles. The van der Waals surface area contributed by atoms with Gasteiger partial charge in [-0.1, -0.05) is 31.5 Å². The fourth-order valence-electron chi connectivity index (χ4n) is 3.33. The quantitative estimate of drug-likeness (QED) is 0.290. The van der Waals surface area contributed by atoms with Crippen LogP contribution in [0.25, 0.3) is 17.1 Å². The maximum atomic E-state index is 14.0. The summed E-state index contributed by atoms with van der Waals surface area (Å²) in [6.07, 6.45) is 0. The van der Waals surface area contributed by atoms with Crippen molar-refractivity contribution in [1.82, 2.24) is 9.55 Å². The van der Waals surface area contributed by atoms with Gasteiger partial charge in [0.1, 0.15) is 29.8 Å². The Kier molecular flexibility index (Phi) is 10.4. The number of hydrogen-bond acceptors (Lipinski definition) is 3. The fourth-order valence-corrected chi connectivity index (χ4v) is 3.50. The molecule has 0 fully saturated rings. The van der Waals surface area contributed by atoms with Crippen LogP contribution in [0.4, 0.5) is 8.78 Å². The molecule has 1 N–H and O–H groups in total. The Balaban J connectivity index is 0.000000803. The van der Waals surface area contributed by atoms with Crippen molar-refractivity contribution < 1.29 is 23.4 Å². The molecule has 0 aliphatic carbocycles. The van der Waals surface area contributed by atoms with E-state index < -0.39 is 11.6 Å². The minimum absolute atomic E-state index is 0.0386. The van der Waals surface area contributed by atoms with E-state index in [1.165, 1.54) is 12.1 Å². The monoisotopic (exact) mass is 500 g/mol. The van der Waals surface area contributed by atoms with Crippen molar-refractivity contribution >= 4 is 18.1 Å². The van der Waals surface area contributed by atoms with Crippen molar-refractivity contribution in [3.8, 4) is 22.8 Å². The van der Waals surface area contributed by atoms with Crippen LogP contribution in [0.5, 0.6) is 5.75 Å². The Morgan fingerprint density at radius 1 is 1.03 bits per heavy atom.